The second-order valence-electron chi connectivity index (χ2n) is 6.46. The topological polar surface area (TPSA) is 75.4 Å². The van der Waals surface area contributed by atoms with Crippen LogP contribution >= 0.6 is 0 Å². The average Bonchev–Trinajstić information content (AvgIpc) is 3.18. The molecule has 2 aliphatic rings. The monoisotopic (exact) mass is 291 g/mol. The summed E-state index contributed by atoms with van der Waals surface area (Å²) in [6.45, 7) is 2.44. The zero-order valence-electron chi connectivity index (χ0n) is 12.3. The summed E-state index contributed by atoms with van der Waals surface area (Å²) in [5, 5.41) is 13.6. The molecule has 1 aromatic rings. The number of rotatable bonds is 3. The Labute approximate surface area is 123 Å². The molecule has 1 saturated heterocycles. The Kier molecular flexibility index (Phi) is 3.47. The number of aromatic nitrogens is 2. The van der Waals surface area contributed by atoms with Crippen LogP contribution in [0.2, 0.25) is 0 Å². The summed E-state index contributed by atoms with van der Waals surface area (Å²) in [5.74, 6) is -0.994. The minimum Gasteiger partial charge on any atom is -0.481 e. The number of carboxylic acids is 1. The number of hydrogen-bond acceptors (Lipinski definition) is 3. The van der Waals surface area contributed by atoms with E-state index in [4.69, 9.17) is 0 Å². The maximum atomic E-state index is 12.4. The molecule has 0 unspecified atom stereocenters. The molecule has 0 radical (unpaired) electrons. The zero-order valence-corrected chi connectivity index (χ0v) is 12.3. The van der Waals surface area contributed by atoms with Crippen molar-refractivity contribution in [3.63, 3.8) is 0 Å². The van der Waals surface area contributed by atoms with Crippen molar-refractivity contribution >= 4 is 11.9 Å². The molecule has 6 heteroatoms. The van der Waals surface area contributed by atoms with E-state index in [1.807, 2.05) is 10.9 Å². The number of carbonyl (C=O) groups is 2. The van der Waals surface area contributed by atoms with Gasteiger partial charge >= 0.3 is 5.97 Å². The molecule has 21 heavy (non-hydrogen) atoms. The van der Waals surface area contributed by atoms with E-state index in [0.717, 1.165) is 12.8 Å². The van der Waals surface area contributed by atoms with Crippen LogP contribution in [-0.4, -0.2) is 44.8 Å². The standard InChI is InChI=1S/C15H21N3O3/c1-15(14(20)21)7-9-17(10-15)13(19)12-6-8-18(16-12)11-4-2-3-5-11/h6,8,11H,2-5,7,9-10H2,1H3,(H,20,21)/t15-/m1/s1. The number of nitrogens with zero attached hydrogens (tertiary/aromatic N) is 3. The van der Waals surface area contributed by atoms with Crippen molar-refractivity contribution in [1.82, 2.24) is 14.7 Å². The molecule has 0 spiro atoms. The molecule has 1 amide bonds. The molecule has 3 rings (SSSR count). The Morgan fingerprint density at radius 3 is 2.71 bits per heavy atom. The molecule has 1 aliphatic heterocycles. The number of carbonyl (C=O) groups excluding carboxylic acids is 1. The van der Waals surface area contributed by atoms with Gasteiger partial charge in [-0.05, 0) is 32.3 Å². The summed E-state index contributed by atoms with van der Waals surface area (Å²) in [7, 11) is 0. The highest BCUT2D eigenvalue weighted by Gasteiger charge is 2.42. The highest BCUT2D eigenvalue weighted by Crippen LogP contribution is 2.31. The lowest BCUT2D eigenvalue weighted by Gasteiger charge is -2.19. The summed E-state index contributed by atoms with van der Waals surface area (Å²) in [6, 6.07) is 2.16. The fourth-order valence-electron chi connectivity index (χ4n) is 3.30. The van der Waals surface area contributed by atoms with E-state index < -0.39 is 11.4 Å². The van der Waals surface area contributed by atoms with E-state index >= 15 is 0 Å². The molecule has 2 fully saturated rings. The van der Waals surface area contributed by atoms with Crippen LogP contribution in [0.1, 0.15) is 55.6 Å². The van der Waals surface area contributed by atoms with Crippen LogP contribution in [0.3, 0.4) is 0 Å². The van der Waals surface area contributed by atoms with Crippen molar-refractivity contribution in [2.24, 2.45) is 5.41 Å². The van der Waals surface area contributed by atoms with Gasteiger partial charge in [-0.15, -0.1) is 0 Å². The molecule has 1 aromatic heterocycles. The fourth-order valence-corrected chi connectivity index (χ4v) is 3.30. The number of amides is 1. The molecule has 1 atom stereocenters. The SMILES string of the molecule is C[C@@]1(C(=O)O)CCN(C(=O)c2ccn(C3CCCC3)n2)C1. The minimum absolute atomic E-state index is 0.156. The first kappa shape index (κ1) is 14.1. The number of hydrogen-bond donors (Lipinski definition) is 1. The van der Waals surface area contributed by atoms with E-state index in [0.29, 0.717) is 24.7 Å². The largest absolute Gasteiger partial charge is 0.481 e. The van der Waals surface area contributed by atoms with Crippen molar-refractivity contribution in [3.8, 4) is 0 Å². The summed E-state index contributed by atoms with van der Waals surface area (Å²) < 4.78 is 1.90. The molecule has 6 nitrogen and oxygen atoms in total. The first-order chi connectivity index (χ1) is 9.99. The van der Waals surface area contributed by atoms with E-state index in [-0.39, 0.29) is 12.5 Å². The van der Waals surface area contributed by atoms with Crippen molar-refractivity contribution in [1.29, 1.82) is 0 Å². The van der Waals surface area contributed by atoms with Crippen LogP contribution in [-0.2, 0) is 4.79 Å². The van der Waals surface area contributed by atoms with Gasteiger partial charge in [-0.25, -0.2) is 0 Å². The van der Waals surface area contributed by atoms with Gasteiger partial charge in [0.1, 0.15) is 5.69 Å². The Bertz CT molecular complexity index is 562. The molecular formula is C15H21N3O3. The highest BCUT2D eigenvalue weighted by molar-refractivity contribution is 5.93. The number of likely N-dealkylation sites (tertiary alicyclic amines) is 1. The number of aliphatic carboxylic acids is 1. The van der Waals surface area contributed by atoms with E-state index in [2.05, 4.69) is 5.10 Å². The van der Waals surface area contributed by atoms with Gasteiger partial charge in [0.2, 0.25) is 0 Å². The molecule has 0 aromatic carbocycles. The third kappa shape index (κ3) is 2.54. The van der Waals surface area contributed by atoms with Crippen LogP contribution in [0, 0.1) is 5.41 Å². The van der Waals surface area contributed by atoms with E-state index in [1.165, 1.54) is 12.8 Å². The van der Waals surface area contributed by atoms with Gasteiger partial charge < -0.3 is 10.0 Å². The van der Waals surface area contributed by atoms with Gasteiger partial charge in [-0.2, -0.15) is 5.10 Å². The summed E-state index contributed by atoms with van der Waals surface area (Å²) in [6.07, 6.45) is 7.05. The molecule has 0 bridgehead atoms. The Morgan fingerprint density at radius 2 is 2.10 bits per heavy atom. The maximum absolute atomic E-state index is 12.4. The Hall–Kier alpha value is -1.85. The van der Waals surface area contributed by atoms with Gasteiger partial charge in [0.05, 0.1) is 11.5 Å². The quantitative estimate of drug-likeness (QED) is 0.923. The molecule has 1 N–H and O–H groups in total. The predicted octanol–water partition coefficient (Wildman–Crippen LogP) is 1.94. The maximum Gasteiger partial charge on any atom is 0.311 e. The first-order valence-corrected chi connectivity index (χ1v) is 7.57. The lowest BCUT2D eigenvalue weighted by atomic mass is 9.90. The predicted molar refractivity (Wildman–Crippen MR) is 76.0 cm³/mol. The van der Waals surface area contributed by atoms with Gasteiger partial charge in [0, 0.05) is 19.3 Å². The second kappa shape index (κ2) is 5.16. The zero-order chi connectivity index (χ0) is 15.0. The summed E-state index contributed by atoms with van der Waals surface area (Å²) >= 11 is 0. The summed E-state index contributed by atoms with van der Waals surface area (Å²) in [5.41, 5.74) is -0.402. The van der Waals surface area contributed by atoms with Crippen LogP contribution in [0.4, 0.5) is 0 Å². The Morgan fingerprint density at radius 1 is 1.38 bits per heavy atom. The average molecular weight is 291 g/mol. The second-order valence-corrected chi connectivity index (χ2v) is 6.46. The smallest absolute Gasteiger partial charge is 0.311 e. The molecular weight excluding hydrogens is 270 g/mol. The lowest BCUT2D eigenvalue weighted by Crippen LogP contribution is -2.35. The Balaban J connectivity index is 1.70. The fraction of sp³-hybridized carbons (Fsp3) is 0.667. The van der Waals surface area contributed by atoms with Crippen molar-refractivity contribution < 1.29 is 14.7 Å². The molecule has 1 saturated carbocycles. The lowest BCUT2D eigenvalue weighted by molar-refractivity contribution is -0.147. The first-order valence-electron chi connectivity index (χ1n) is 7.57. The minimum atomic E-state index is -0.839. The van der Waals surface area contributed by atoms with Crippen molar-refractivity contribution in [3.05, 3.63) is 18.0 Å². The third-order valence-corrected chi connectivity index (χ3v) is 4.80. The van der Waals surface area contributed by atoms with Crippen LogP contribution in [0.25, 0.3) is 0 Å². The summed E-state index contributed by atoms with van der Waals surface area (Å²) in [4.78, 5) is 25.3. The molecule has 1 aliphatic carbocycles. The van der Waals surface area contributed by atoms with Crippen molar-refractivity contribution in [2.45, 2.75) is 45.1 Å². The van der Waals surface area contributed by atoms with Gasteiger partial charge in [0.25, 0.3) is 5.91 Å². The molecule has 114 valence electrons. The van der Waals surface area contributed by atoms with Crippen LogP contribution < -0.4 is 0 Å². The van der Waals surface area contributed by atoms with Gasteiger partial charge in [0.15, 0.2) is 0 Å². The van der Waals surface area contributed by atoms with Crippen LogP contribution in [0.5, 0.6) is 0 Å². The van der Waals surface area contributed by atoms with Crippen molar-refractivity contribution in [2.75, 3.05) is 13.1 Å². The number of carboxylic acid groups (broad SMARTS) is 1. The van der Waals surface area contributed by atoms with Crippen LogP contribution in [0.15, 0.2) is 12.3 Å². The third-order valence-electron chi connectivity index (χ3n) is 4.80. The van der Waals surface area contributed by atoms with Gasteiger partial charge in [-0.3, -0.25) is 14.3 Å². The highest BCUT2D eigenvalue weighted by atomic mass is 16.4. The van der Waals surface area contributed by atoms with Gasteiger partial charge in [-0.1, -0.05) is 12.8 Å². The van der Waals surface area contributed by atoms with E-state index in [9.17, 15) is 14.7 Å². The molecule has 2 heterocycles. The normalized spacial score (nSPS) is 26.4. The van der Waals surface area contributed by atoms with E-state index in [1.54, 1.807) is 17.9 Å².